The summed E-state index contributed by atoms with van der Waals surface area (Å²) in [4.78, 5) is 15.1. The third-order valence-electron chi connectivity index (χ3n) is 1.94. The first kappa shape index (κ1) is 17.1. The summed E-state index contributed by atoms with van der Waals surface area (Å²) in [6, 6.07) is 6.75. The van der Waals surface area contributed by atoms with Crippen molar-refractivity contribution in [1.82, 2.24) is 5.32 Å². The largest absolute Gasteiger partial charge is 0.370 e. The molecule has 0 saturated heterocycles. The fraction of sp³-hybridized carbons (Fsp3) is 0.182. The lowest BCUT2D eigenvalue weighted by atomic mass is 10.2. The molecule has 0 spiro atoms. The van der Waals surface area contributed by atoms with Gasteiger partial charge in [-0.2, -0.15) is 4.99 Å². The summed E-state index contributed by atoms with van der Waals surface area (Å²) in [5.41, 5.74) is 11.4. The Hall–Kier alpha value is -1.86. The Bertz CT molecular complexity index is 488. The summed E-state index contributed by atoms with van der Waals surface area (Å²) in [7, 11) is 0. The first-order chi connectivity index (χ1) is 8.52. The lowest BCUT2D eigenvalue weighted by molar-refractivity contribution is 0.100. The van der Waals surface area contributed by atoms with Crippen molar-refractivity contribution in [1.29, 1.82) is 0 Å². The molecule has 6 N–H and O–H groups in total. The topological polar surface area (TPSA) is 106 Å². The zero-order chi connectivity index (χ0) is 13.5. The second-order valence-electron chi connectivity index (χ2n) is 3.41. The van der Waals surface area contributed by atoms with Crippen LogP contribution in [0.4, 0.5) is 5.69 Å². The van der Waals surface area contributed by atoms with Gasteiger partial charge in [0, 0.05) is 17.8 Å². The Labute approximate surface area is 123 Å². The molecule has 0 saturated carbocycles. The number of benzene rings is 1. The lowest BCUT2D eigenvalue weighted by Gasteiger charge is -2.09. The predicted molar refractivity (Wildman–Crippen MR) is 83.7 cm³/mol. The minimum absolute atomic E-state index is 0. The molecule has 0 fully saturated rings. The highest BCUT2D eigenvalue weighted by Crippen LogP contribution is 2.11. The van der Waals surface area contributed by atoms with Gasteiger partial charge in [-0.05, 0) is 37.3 Å². The van der Waals surface area contributed by atoms with E-state index in [0.29, 0.717) is 16.4 Å². The van der Waals surface area contributed by atoms with Gasteiger partial charge in [-0.15, -0.1) is 12.4 Å². The quantitative estimate of drug-likeness (QED) is 0.374. The van der Waals surface area contributed by atoms with Crippen LogP contribution >= 0.6 is 24.6 Å². The summed E-state index contributed by atoms with van der Waals surface area (Å²) in [6.45, 7) is 2.66. The van der Waals surface area contributed by atoms with Gasteiger partial charge in [0.05, 0.1) is 0 Å². The number of nitrogens with zero attached hydrogens (tertiary/aromatic N) is 1. The highest BCUT2D eigenvalue weighted by atomic mass is 35.5. The van der Waals surface area contributed by atoms with E-state index in [1.54, 1.807) is 24.3 Å². The molecule has 0 bridgehead atoms. The van der Waals surface area contributed by atoms with Crippen molar-refractivity contribution in [2.75, 3.05) is 11.9 Å². The molecule has 1 rings (SSSR count). The molecule has 1 aromatic rings. The number of anilines is 1. The minimum atomic E-state index is -0.493. The average molecular weight is 302 g/mol. The highest BCUT2D eigenvalue weighted by molar-refractivity contribution is 7.80. The average Bonchev–Trinajstić information content (AvgIpc) is 2.28. The molecule has 0 atom stereocenters. The molecule has 1 amide bonds. The number of hydrogen-bond acceptors (Lipinski definition) is 2. The van der Waals surface area contributed by atoms with E-state index >= 15 is 0 Å². The van der Waals surface area contributed by atoms with E-state index in [1.807, 2.05) is 6.92 Å². The van der Waals surface area contributed by atoms with Gasteiger partial charge in [-0.3, -0.25) is 4.79 Å². The smallest absolute Gasteiger partial charge is 0.280 e. The fourth-order valence-electron chi connectivity index (χ4n) is 1.25. The molecule has 1 aromatic carbocycles. The van der Waals surface area contributed by atoms with Crippen LogP contribution in [0.3, 0.4) is 0 Å². The number of rotatable bonds is 3. The monoisotopic (exact) mass is 301 g/mol. The number of amides is 1. The van der Waals surface area contributed by atoms with E-state index in [2.05, 4.69) is 15.6 Å². The molecule has 0 aliphatic heterocycles. The van der Waals surface area contributed by atoms with Crippen LogP contribution in [0, 0.1) is 0 Å². The van der Waals surface area contributed by atoms with Crippen LogP contribution in [0.25, 0.3) is 0 Å². The van der Waals surface area contributed by atoms with Crippen LogP contribution in [-0.4, -0.2) is 23.5 Å². The maximum absolute atomic E-state index is 11.6. The molecule has 104 valence electrons. The van der Waals surface area contributed by atoms with Gasteiger partial charge in [0.2, 0.25) is 0 Å². The number of hydrogen-bond donors (Lipinski definition) is 4. The van der Waals surface area contributed by atoms with Crippen LogP contribution in [0.5, 0.6) is 0 Å². The Morgan fingerprint density at radius 3 is 2.68 bits per heavy atom. The summed E-state index contributed by atoms with van der Waals surface area (Å²) < 4.78 is 0. The third kappa shape index (κ3) is 6.03. The Morgan fingerprint density at radius 2 is 2.11 bits per heavy atom. The summed E-state index contributed by atoms with van der Waals surface area (Å²) in [5, 5.41) is 6.38. The minimum Gasteiger partial charge on any atom is -0.370 e. The molecule has 8 heteroatoms. The van der Waals surface area contributed by atoms with Gasteiger partial charge in [-0.25, -0.2) is 0 Å². The molecule has 0 radical (unpaired) electrons. The van der Waals surface area contributed by atoms with Gasteiger partial charge >= 0.3 is 0 Å². The van der Waals surface area contributed by atoms with Crippen molar-refractivity contribution in [2.24, 2.45) is 16.5 Å². The number of halogens is 1. The molecule has 0 heterocycles. The number of guanidine groups is 1. The van der Waals surface area contributed by atoms with Crippen LogP contribution in [-0.2, 0) is 0 Å². The Morgan fingerprint density at radius 1 is 1.42 bits per heavy atom. The maximum atomic E-state index is 11.6. The van der Waals surface area contributed by atoms with Crippen molar-refractivity contribution in [3.05, 3.63) is 29.8 Å². The van der Waals surface area contributed by atoms with Gasteiger partial charge in [0.1, 0.15) is 0 Å². The van der Waals surface area contributed by atoms with Crippen molar-refractivity contribution in [2.45, 2.75) is 6.92 Å². The number of thiocarbonyl (C=S) groups is 1. The van der Waals surface area contributed by atoms with Gasteiger partial charge < -0.3 is 22.1 Å². The molecule has 0 aliphatic rings. The molecular formula is C11H16ClN5OS. The number of aliphatic imine (C=N–C) groups is 1. The third-order valence-corrected chi connectivity index (χ3v) is 2.18. The maximum Gasteiger partial charge on any atom is 0.280 e. The van der Waals surface area contributed by atoms with Gasteiger partial charge in [0.25, 0.3) is 5.91 Å². The number of carbonyl (C=O) groups is 1. The SMILES string of the molecule is CCNC(=S)Nc1cccc(C(=O)N=C(N)N)c1.Cl. The molecular weight excluding hydrogens is 286 g/mol. The zero-order valence-corrected chi connectivity index (χ0v) is 12.0. The van der Waals surface area contributed by atoms with Crippen molar-refractivity contribution >= 4 is 47.3 Å². The molecule has 0 unspecified atom stereocenters. The molecule has 0 aromatic heterocycles. The van der Waals surface area contributed by atoms with Crippen LogP contribution in [0.15, 0.2) is 29.3 Å². The van der Waals surface area contributed by atoms with Gasteiger partial charge in [0.15, 0.2) is 11.1 Å². The van der Waals surface area contributed by atoms with Crippen LogP contribution in [0.2, 0.25) is 0 Å². The first-order valence-corrected chi connectivity index (χ1v) is 5.72. The second-order valence-corrected chi connectivity index (χ2v) is 3.82. The van der Waals surface area contributed by atoms with E-state index in [1.165, 1.54) is 0 Å². The van der Waals surface area contributed by atoms with E-state index in [4.69, 9.17) is 23.7 Å². The van der Waals surface area contributed by atoms with E-state index in [9.17, 15) is 4.79 Å². The number of nitrogens with two attached hydrogens (primary N) is 2. The van der Waals surface area contributed by atoms with Crippen LogP contribution in [0.1, 0.15) is 17.3 Å². The fourth-order valence-corrected chi connectivity index (χ4v) is 1.51. The first-order valence-electron chi connectivity index (χ1n) is 5.31. The van der Waals surface area contributed by atoms with E-state index in [-0.39, 0.29) is 18.4 Å². The second kappa shape index (κ2) is 8.28. The van der Waals surface area contributed by atoms with Crippen LogP contribution < -0.4 is 22.1 Å². The normalized spacial score (nSPS) is 8.89. The van der Waals surface area contributed by atoms with E-state index < -0.39 is 5.91 Å². The van der Waals surface area contributed by atoms with Crippen molar-refractivity contribution in [3.63, 3.8) is 0 Å². The number of nitrogens with one attached hydrogen (secondary N) is 2. The van der Waals surface area contributed by atoms with Crippen molar-refractivity contribution < 1.29 is 4.79 Å². The zero-order valence-electron chi connectivity index (χ0n) is 10.3. The van der Waals surface area contributed by atoms with Crippen molar-refractivity contribution in [3.8, 4) is 0 Å². The predicted octanol–water partition coefficient (Wildman–Crippen LogP) is 0.828. The molecule has 0 aliphatic carbocycles. The Kier molecular flexibility index (Phi) is 7.47. The number of carbonyl (C=O) groups excluding carboxylic acids is 1. The molecule has 19 heavy (non-hydrogen) atoms. The van der Waals surface area contributed by atoms with E-state index in [0.717, 1.165) is 6.54 Å². The standard InChI is InChI=1S/C11H15N5OS.ClH/c1-2-14-11(18)15-8-5-3-4-7(6-8)9(17)16-10(12)13;/h3-6H,2H2,1H3,(H2,14,15,18)(H4,12,13,16,17);1H. The lowest BCUT2D eigenvalue weighted by Crippen LogP contribution is -2.28. The summed E-state index contributed by atoms with van der Waals surface area (Å²) in [5.74, 6) is -0.755. The van der Waals surface area contributed by atoms with Gasteiger partial charge in [-0.1, -0.05) is 6.07 Å². The summed E-state index contributed by atoms with van der Waals surface area (Å²) in [6.07, 6.45) is 0. The highest BCUT2D eigenvalue weighted by Gasteiger charge is 2.05. The molecule has 6 nitrogen and oxygen atoms in total. The Balaban J connectivity index is 0.00000324. The summed E-state index contributed by atoms with van der Waals surface area (Å²) >= 11 is 5.04.